The summed E-state index contributed by atoms with van der Waals surface area (Å²) in [5, 5.41) is 9.38. The van der Waals surface area contributed by atoms with Crippen molar-refractivity contribution in [2.24, 2.45) is 5.73 Å². The molecule has 2 aromatic rings. The molecule has 3 rings (SSSR count). The van der Waals surface area contributed by atoms with Gasteiger partial charge in [0.2, 0.25) is 5.88 Å². The third-order valence-electron chi connectivity index (χ3n) is 3.51. The standard InChI is InChI=1S/C15H15N5O/c1-20(2)9-3-4-10-12(7-9)21-14(17)11(8-16)13(10)15-18-5-6-19-15/h3-7,13H,17H2,1-2H3,(H,18,19). The van der Waals surface area contributed by atoms with Gasteiger partial charge in [-0.1, -0.05) is 6.07 Å². The molecule has 0 saturated carbocycles. The Labute approximate surface area is 122 Å². The Kier molecular flexibility index (Phi) is 3.03. The minimum atomic E-state index is -0.329. The highest BCUT2D eigenvalue weighted by molar-refractivity contribution is 5.60. The molecule has 1 aromatic carbocycles. The average molecular weight is 281 g/mol. The summed E-state index contributed by atoms with van der Waals surface area (Å²) in [5.41, 5.74) is 8.15. The Balaban J connectivity index is 2.17. The van der Waals surface area contributed by atoms with E-state index in [-0.39, 0.29) is 11.8 Å². The van der Waals surface area contributed by atoms with Crippen molar-refractivity contribution in [3.63, 3.8) is 0 Å². The first-order valence-corrected chi connectivity index (χ1v) is 6.50. The van der Waals surface area contributed by atoms with Crippen molar-refractivity contribution >= 4 is 5.69 Å². The third-order valence-corrected chi connectivity index (χ3v) is 3.51. The minimum Gasteiger partial charge on any atom is -0.440 e. The maximum absolute atomic E-state index is 9.38. The third kappa shape index (κ3) is 2.09. The number of allylic oxidation sites excluding steroid dienone is 1. The number of aromatic amines is 1. The molecule has 1 aliphatic rings. The summed E-state index contributed by atoms with van der Waals surface area (Å²) in [5.74, 6) is 1.13. The number of fused-ring (bicyclic) bond motifs is 1. The number of aromatic nitrogens is 2. The maximum Gasteiger partial charge on any atom is 0.205 e. The molecule has 1 atom stereocenters. The second-order valence-electron chi connectivity index (χ2n) is 5.02. The molecule has 0 fully saturated rings. The molecule has 6 heteroatoms. The maximum atomic E-state index is 9.38. The van der Waals surface area contributed by atoms with Gasteiger partial charge in [-0.05, 0) is 6.07 Å². The van der Waals surface area contributed by atoms with Crippen molar-refractivity contribution in [3.8, 4) is 11.8 Å². The van der Waals surface area contributed by atoms with E-state index in [1.54, 1.807) is 12.4 Å². The molecule has 0 spiro atoms. The first kappa shape index (κ1) is 13.1. The number of ether oxygens (including phenoxy) is 1. The molecule has 0 bridgehead atoms. The van der Waals surface area contributed by atoms with Crippen molar-refractivity contribution in [1.82, 2.24) is 9.97 Å². The Morgan fingerprint density at radius 3 is 2.86 bits per heavy atom. The van der Waals surface area contributed by atoms with E-state index in [9.17, 15) is 5.26 Å². The highest BCUT2D eigenvalue weighted by Crippen LogP contribution is 2.42. The highest BCUT2D eigenvalue weighted by Gasteiger charge is 2.32. The number of benzene rings is 1. The monoisotopic (exact) mass is 281 g/mol. The van der Waals surface area contributed by atoms with Crippen molar-refractivity contribution in [2.45, 2.75) is 5.92 Å². The Morgan fingerprint density at radius 2 is 2.24 bits per heavy atom. The average Bonchev–Trinajstić information content (AvgIpc) is 2.98. The topological polar surface area (TPSA) is 91.0 Å². The number of imidazole rings is 1. The van der Waals surface area contributed by atoms with E-state index in [2.05, 4.69) is 16.0 Å². The van der Waals surface area contributed by atoms with Crippen molar-refractivity contribution in [3.05, 3.63) is 53.4 Å². The summed E-state index contributed by atoms with van der Waals surface area (Å²) >= 11 is 0. The van der Waals surface area contributed by atoms with Crippen LogP contribution in [-0.2, 0) is 0 Å². The van der Waals surface area contributed by atoms with Crippen molar-refractivity contribution in [2.75, 3.05) is 19.0 Å². The molecular weight excluding hydrogens is 266 g/mol. The van der Waals surface area contributed by atoms with Gasteiger partial charge in [-0.15, -0.1) is 0 Å². The lowest BCUT2D eigenvalue weighted by Gasteiger charge is -2.26. The number of nitrogens with two attached hydrogens (primary N) is 1. The molecule has 6 nitrogen and oxygen atoms in total. The molecule has 0 amide bonds. The molecule has 1 unspecified atom stereocenters. The SMILES string of the molecule is CN(C)c1ccc2c(c1)OC(N)=C(C#N)C2c1ncc[nH]1. The largest absolute Gasteiger partial charge is 0.440 e. The molecule has 3 N–H and O–H groups in total. The van der Waals surface area contributed by atoms with Gasteiger partial charge in [0, 0.05) is 43.8 Å². The normalized spacial score (nSPS) is 16.9. The lowest BCUT2D eigenvalue weighted by Crippen LogP contribution is -2.22. The van der Waals surface area contributed by atoms with E-state index < -0.39 is 0 Å². The quantitative estimate of drug-likeness (QED) is 0.874. The summed E-state index contributed by atoms with van der Waals surface area (Å²) < 4.78 is 5.62. The molecule has 106 valence electrons. The first-order valence-electron chi connectivity index (χ1n) is 6.50. The fraction of sp³-hybridized carbons (Fsp3) is 0.200. The first-order chi connectivity index (χ1) is 10.1. The van der Waals surface area contributed by atoms with E-state index >= 15 is 0 Å². The molecule has 1 aromatic heterocycles. The molecule has 0 radical (unpaired) electrons. The summed E-state index contributed by atoms with van der Waals surface area (Å²) in [6, 6.07) is 7.97. The summed E-state index contributed by atoms with van der Waals surface area (Å²) in [6.45, 7) is 0. The molecule has 0 saturated heterocycles. The van der Waals surface area contributed by atoms with Crippen LogP contribution in [0.4, 0.5) is 5.69 Å². The summed E-state index contributed by atoms with van der Waals surface area (Å²) in [7, 11) is 3.91. The molecule has 2 heterocycles. The molecule has 1 aliphatic heterocycles. The van der Waals surface area contributed by atoms with Gasteiger partial charge < -0.3 is 20.4 Å². The zero-order chi connectivity index (χ0) is 15.0. The van der Waals surface area contributed by atoms with Gasteiger partial charge in [0.15, 0.2) is 0 Å². The minimum absolute atomic E-state index is 0.127. The lowest BCUT2D eigenvalue weighted by molar-refractivity contribution is 0.392. The summed E-state index contributed by atoms with van der Waals surface area (Å²) in [6.07, 6.45) is 3.38. The predicted octanol–water partition coefficient (Wildman–Crippen LogP) is 1.69. The Bertz CT molecular complexity index is 740. The smallest absolute Gasteiger partial charge is 0.205 e. The van der Waals surface area contributed by atoms with Gasteiger partial charge >= 0.3 is 0 Å². The number of anilines is 1. The van der Waals surface area contributed by atoms with Crippen LogP contribution >= 0.6 is 0 Å². The second-order valence-corrected chi connectivity index (χ2v) is 5.02. The zero-order valence-electron chi connectivity index (χ0n) is 11.8. The molecule has 21 heavy (non-hydrogen) atoms. The van der Waals surface area contributed by atoms with Crippen LogP contribution in [0.15, 0.2) is 42.0 Å². The van der Waals surface area contributed by atoms with Crippen LogP contribution in [0.3, 0.4) is 0 Å². The Morgan fingerprint density at radius 1 is 1.43 bits per heavy atom. The van der Waals surface area contributed by atoms with Crippen LogP contribution in [0, 0.1) is 11.3 Å². The fourth-order valence-electron chi connectivity index (χ4n) is 2.44. The number of hydrogen-bond acceptors (Lipinski definition) is 5. The van der Waals surface area contributed by atoms with Gasteiger partial charge in [-0.3, -0.25) is 0 Å². The van der Waals surface area contributed by atoms with Gasteiger partial charge in [0.05, 0.1) is 5.92 Å². The van der Waals surface area contributed by atoms with Crippen LogP contribution in [0.1, 0.15) is 17.3 Å². The number of nitrogens with zero attached hydrogens (tertiary/aromatic N) is 3. The van der Waals surface area contributed by atoms with Crippen LogP contribution in [0.25, 0.3) is 0 Å². The van der Waals surface area contributed by atoms with Crippen LogP contribution in [0.2, 0.25) is 0 Å². The van der Waals surface area contributed by atoms with E-state index in [4.69, 9.17) is 10.5 Å². The fourth-order valence-corrected chi connectivity index (χ4v) is 2.44. The predicted molar refractivity (Wildman–Crippen MR) is 78.7 cm³/mol. The number of nitriles is 1. The Hall–Kier alpha value is -2.94. The van der Waals surface area contributed by atoms with Gasteiger partial charge in [0.25, 0.3) is 0 Å². The molecular formula is C15H15N5O. The number of nitrogens with one attached hydrogen (secondary N) is 1. The summed E-state index contributed by atoms with van der Waals surface area (Å²) in [4.78, 5) is 9.30. The van der Waals surface area contributed by atoms with E-state index in [0.717, 1.165) is 11.3 Å². The molecule has 0 aliphatic carbocycles. The van der Waals surface area contributed by atoms with Crippen LogP contribution < -0.4 is 15.4 Å². The van der Waals surface area contributed by atoms with E-state index in [1.807, 2.05) is 37.2 Å². The zero-order valence-corrected chi connectivity index (χ0v) is 11.8. The van der Waals surface area contributed by atoms with Crippen LogP contribution in [0.5, 0.6) is 5.75 Å². The number of H-pyrrole nitrogens is 1. The number of rotatable bonds is 2. The van der Waals surface area contributed by atoms with Crippen molar-refractivity contribution in [1.29, 1.82) is 5.26 Å². The van der Waals surface area contributed by atoms with Crippen LogP contribution in [-0.4, -0.2) is 24.1 Å². The van der Waals surface area contributed by atoms with E-state index in [1.165, 1.54) is 0 Å². The van der Waals surface area contributed by atoms with Gasteiger partial charge in [-0.2, -0.15) is 5.26 Å². The van der Waals surface area contributed by atoms with Gasteiger partial charge in [0.1, 0.15) is 23.2 Å². The van der Waals surface area contributed by atoms with E-state index in [0.29, 0.717) is 17.1 Å². The van der Waals surface area contributed by atoms with Gasteiger partial charge in [-0.25, -0.2) is 4.98 Å². The highest BCUT2D eigenvalue weighted by atomic mass is 16.5. The second kappa shape index (κ2) is 4.87. The van der Waals surface area contributed by atoms with Crippen molar-refractivity contribution < 1.29 is 4.74 Å². The number of hydrogen-bond donors (Lipinski definition) is 2. The lowest BCUT2D eigenvalue weighted by atomic mass is 9.88.